The molecular formula is C11H18N2S. The van der Waals surface area contributed by atoms with E-state index in [0.29, 0.717) is 5.92 Å². The quantitative estimate of drug-likeness (QED) is 0.828. The molecule has 0 saturated carbocycles. The third-order valence-corrected chi connectivity index (χ3v) is 4.06. The zero-order valence-corrected chi connectivity index (χ0v) is 9.95. The normalized spacial score (nSPS) is 17.4. The SMILES string of the molecule is Cc1sc(C(C)C)nc1CC1CNC1. The van der Waals surface area contributed by atoms with E-state index in [2.05, 4.69) is 26.1 Å². The van der Waals surface area contributed by atoms with Gasteiger partial charge < -0.3 is 5.32 Å². The van der Waals surface area contributed by atoms with Crippen LogP contribution in [0.15, 0.2) is 0 Å². The average molecular weight is 210 g/mol. The lowest BCUT2D eigenvalue weighted by molar-refractivity contribution is 0.344. The van der Waals surface area contributed by atoms with Crippen LogP contribution >= 0.6 is 11.3 Å². The Hall–Kier alpha value is -0.410. The van der Waals surface area contributed by atoms with E-state index in [4.69, 9.17) is 4.98 Å². The van der Waals surface area contributed by atoms with Crippen molar-refractivity contribution < 1.29 is 0 Å². The van der Waals surface area contributed by atoms with Gasteiger partial charge in [-0.3, -0.25) is 0 Å². The van der Waals surface area contributed by atoms with Crippen molar-refractivity contribution in [1.29, 1.82) is 0 Å². The van der Waals surface area contributed by atoms with Crippen molar-refractivity contribution in [3.8, 4) is 0 Å². The minimum Gasteiger partial charge on any atom is -0.316 e. The van der Waals surface area contributed by atoms with Crippen LogP contribution in [0.1, 0.15) is 35.3 Å². The lowest BCUT2D eigenvalue weighted by Crippen LogP contribution is -2.43. The average Bonchev–Trinajstić information content (AvgIpc) is 2.40. The molecule has 0 atom stereocenters. The van der Waals surface area contributed by atoms with Gasteiger partial charge in [-0.15, -0.1) is 11.3 Å². The van der Waals surface area contributed by atoms with Gasteiger partial charge in [-0.1, -0.05) is 13.8 Å². The van der Waals surface area contributed by atoms with E-state index in [1.807, 2.05) is 11.3 Å². The van der Waals surface area contributed by atoms with Gasteiger partial charge >= 0.3 is 0 Å². The molecule has 0 aliphatic carbocycles. The van der Waals surface area contributed by atoms with E-state index in [1.165, 1.54) is 35.1 Å². The van der Waals surface area contributed by atoms with Crippen molar-refractivity contribution in [2.45, 2.75) is 33.1 Å². The van der Waals surface area contributed by atoms with Crippen molar-refractivity contribution in [2.24, 2.45) is 5.92 Å². The Bertz CT molecular complexity index is 313. The van der Waals surface area contributed by atoms with E-state index in [9.17, 15) is 0 Å². The van der Waals surface area contributed by atoms with Crippen LogP contribution in [0.5, 0.6) is 0 Å². The second kappa shape index (κ2) is 3.99. The first-order chi connectivity index (χ1) is 6.66. The third kappa shape index (κ3) is 1.98. The summed E-state index contributed by atoms with van der Waals surface area (Å²) in [5.74, 6) is 1.41. The van der Waals surface area contributed by atoms with Crippen LogP contribution in [0.4, 0.5) is 0 Å². The van der Waals surface area contributed by atoms with E-state index in [-0.39, 0.29) is 0 Å². The number of nitrogens with one attached hydrogen (secondary N) is 1. The Morgan fingerprint density at radius 2 is 2.21 bits per heavy atom. The number of hydrogen-bond acceptors (Lipinski definition) is 3. The fourth-order valence-corrected chi connectivity index (χ4v) is 2.60. The van der Waals surface area contributed by atoms with E-state index in [1.54, 1.807) is 0 Å². The fourth-order valence-electron chi connectivity index (χ4n) is 1.65. The van der Waals surface area contributed by atoms with Crippen molar-refractivity contribution >= 4 is 11.3 Å². The van der Waals surface area contributed by atoms with Gasteiger partial charge in [-0.2, -0.15) is 0 Å². The first kappa shape index (κ1) is 10.1. The zero-order chi connectivity index (χ0) is 10.1. The molecule has 1 aliphatic rings. The van der Waals surface area contributed by atoms with Gasteiger partial charge in [0.2, 0.25) is 0 Å². The van der Waals surface area contributed by atoms with E-state index >= 15 is 0 Å². The van der Waals surface area contributed by atoms with E-state index in [0.717, 1.165) is 5.92 Å². The van der Waals surface area contributed by atoms with Crippen molar-refractivity contribution in [1.82, 2.24) is 10.3 Å². The molecule has 1 aromatic heterocycles. The Morgan fingerprint density at radius 1 is 1.50 bits per heavy atom. The number of rotatable bonds is 3. The number of hydrogen-bond donors (Lipinski definition) is 1. The maximum Gasteiger partial charge on any atom is 0.0956 e. The highest BCUT2D eigenvalue weighted by Crippen LogP contribution is 2.26. The highest BCUT2D eigenvalue weighted by atomic mass is 32.1. The van der Waals surface area contributed by atoms with Crippen molar-refractivity contribution in [2.75, 3.05) is 13.1 Å². The van der Waals surface area contributed by atoms with Gasteiger partial charge in [-0.05, 0) is 32.4 Å². The van der Waals surface area contributed by atoms with Crippen molar-refractivity contribution in [3.63, 3.8) is 0 Å². The molecule has 2 rings (SSSR count). The summed E-state index contributed by atoms with van der Waals surface area (Å²) in [4.78, 5) is 6.14. The van der Waals surface area contributed by atoms with Crippen LogP contribution in [0, 0.1) is 12.8 Å². The lowest BCUT2D eigenvalue weighted by Gasteiger charge is -2.26. The predicted molar refractivity (Wildman–Crippen MR) is 61.0 cm³/mol. The summed E-state index contributed by atoms with van der Waals surface area (Å²) < 4.78 is 0. The summed E-state index contributed by atoms with van der Waals surface area (Å²) in [6.45, 7) is 8.98. The summed E-state index contributed by atoms with van der Waals surface area (Å²) in [6.07, 6.45) is 1.17. The monoisotopic (exact) mass is 210 g/mol. The van der Waals surface area contributed by atoms with Gasteiger partial charge in [0.15, 0.2) is 0 Å². The van der Waals surface area contributed by atoms with Crippen LogP contribution in [-0.2, 0) is 6.42 Å². The third-order valence-electron chi connectivity index (χ3n) is 2.75. The summed E-state index contributed by atoms with van der Waals surface area (Å²) >= 11 is 1.87. The summed E-state index contributed by atoms with van der Waals surface area (Å²) in [6, 6.07) is 0. The molecule has 3 heteroatoms. The smallest absolute Gasteiger partial charge is 0.0956 e. The molecule has 14 heavy (non-hydrogen) atoms. The van der Waals surface area contributed by atoms with Crippen LogP contribution in [0.25, 0.3) is 0 Å². The second-order valence-electron chi connectivity index (χ2n) is 4.44. The van der Waals surface area contributed by atoms with Crippen LogP contribution in [0.2, 0.25) is 0 Å². The molecule has 0 spiro atoms. The number of thiazole rings is 1. The molecule has 0 aromatic carbocycles. The maximum absolute atomic E-state index is 4.72. The molecule has 1 saturated heterocycles. The molecule has 1 aliphatic heterocycles. The van der Waals surface area contributed by atoms with Gasteiger partial charge in [0.25, 0.3) is 0 Å². The highest BCUT2D eigenvalue weighted by molar-refractivity contribution is 7.11. The van der Waals surface area contributed by atoms with Crippen LogP contribution in [0.3, 0.4) is 0 Å². The largest absolute Gasteiger partial charge is 0.316 e. The first-order valence-corrected chi connectivity index (χ1v) is 6.15. The van der Waals surface area contributed by atoms with Crippen LogP contribution in [-0.4, -0.2) is 18.1 Å². The highest BCUT2D eigenvalue weighted by Gasteiger charge is 2.20. The van der Waals surface area contributed by atoms with E-state index < -0.39 is 0 Å². The van der Waals surface area contributed by atoms with Gasteiger partial charge in [0.05, 0.1) is 10.7 Å². The predicted octanol–water partition coefficient (Wildman–Crippen LogP) is 2.34. The zero-order valence-electron chi connectivity index (χ0n) is 9.13. The number of aromatic nitrogens is 1. The number of nitrogens with zero attached hydrogens (tertiary/aromatic N) is 1. The molecule has 0 amide bonds. The van der Waals surface area contributed by atoms with Gasteiger partial charge in [0, 0.05) is 10.8 Å². The fraction of sp³-hybridized carbons (Fsp3) is 0.727. The number of aryl methyl sites for hydroxylation is 1. The minimum atomic E-state index is 0.576. The van der Waals surface area contributed by atoms with Gasteiger partial charge in [-0.25, -0.2) is 4.98 Å². The second-order valence-corrected chi connectivity index (χ2v) is 5.67. The lowest BCUT2D eigenvalue weighted by atomic mass is 9.97. The summed E-state index contributed by atoms with van der Waals surface area (Å²) in [5.41, 5.74) is 1.34. The molecule has 78 valence electrons. The molecule has 0 unspecified atom stereocenters. The van der Waals surface area contributed by atoms with Gasteiger partial charge in [0.1, 0.15) is 0 Å². The summed E-state index contributed by atoms with van der Waals surface area (Å²) in [5, 5.41) is 4.60. The molecule has 2 nitrogen and oxygen atoms in total. The summed E-state index contributed by atoms with van der Waals surface area (Å²) in [7, 11) is 0. The molecule has 1 N–H and O–H groups in total. The van der Waals surface area contributed by atoms with Crippen molar-refractivity contribution in [3.05, 3.63) is 15.6 Å². The Balaban J connectivity index is 2.08. The molecular weight excluding hydrogens is 192 g/mol. The topological polar surface area (TPSA) is 24.9 Å². The molecule has 0 radical (unpaired) electrons. The minimum absolute atomic E-state index is 0.576. The first-order valence-electron chi connectivity index (χ1n) is 5.33. The van der Waals surface area contributed by atoms with Crippen LogP contribution < -0.4 is 5.32 Å². The maximum atomic E-state index is 4.72. The molecule has 1 fully saturated rings. The molecule has 0 bridgehead atoms. The molecule has 2 heterocycles. The Kier molecular flexibility index (Phi) is 2.88. The Labute approximate surface area is 89.8 Å². The Morgan fingerprint density at radius 3 is 2.64 bits per heavy atom. The standard InChI is InChI=1S/C11H18N2S/c1-7(2)11-13-10(8(3)14-11)4-9-5-12-6-9/h7,9,12H,4-6H2,1-3H3. The molecule has 1 aromatic rings.